The van der Waals surface area contributed by atoms with Crippen LogP contribution in [0.3, 0.4) is 0 Å². The van der Waals surface area contributed by atoms with Gasteiger partial charge in [-0.3, -0.25) is 14.9 Å². The van der Waals surface area contributed by atoms with Crippen LogP contribution in [-0.4, -0.2) is 23.9 Å². The summed E-state index contributed by atoms with van der Waals surface area (Å²) in [6, 6.07) is 4.56. The summed E-state index contributed by atoms with van der Waals surface area (Å²) in [7, 11) is 1.57. The number of nitro benzene ring substituents is 1. The molecule has 1 saturated carbocycles. The van der Waals surface area contributed by atoms with E-state index in [9.17, 15) is 14.9 Å². The van der Waals surface area contributed by atoms with Crippen LogP contribution >= 0.6 is 0 Å². The second-order valence-corrected chi connectivity index (χ2v) is 6.56. The van der Waals surface area contributed by atoms with E-state index in [1.807, 2.05) is 0 Å². The number of benzene rings is 1. The summed E-state index contributed by atoms with van der Waals surface area (Å²) in [5, 5.41) is 16.8. The minimum absolute atomic E-state index is 0.0170. The lowest BCUT2D eigenvalue weighted by Gasteiger charge is -2.11. The Morgan fingerprint density at radius 1 is 1.24 bits per heavy atom. The molecule has 1 amide bonds. The maximum absolute atomic E-state index is 12.5. The van der Waals surface area contributed by atoms with E-state index in [0.717, 1.165) is 0 Å². The number of rotatable bonds is 4. The Morgan fingerprint density at radius 3 is 2.24 bits per heavy atom. The number of carbonyl (C=O) groups excluding carboxylic acids is 1. The Hall–Kier alpha value is -2.11. The van der Waals surface area contributed by atoms with Crippen molar-refractivity contribution in [2.24, 2.45) is 10.8 Å². The predicted molar refractivity (Wildman–Crippen MR) is 81.5 cm³/mol. The van der Waals surface area contributed by atoms with Crippen LogP contribution in [0.1, 0.15) is 38.1 Å². The number of hydrogen-bond donors (Lipinski definition) is 2. The van der Waals surface area contributed by atoms with E-state index in [4.69, 9.17) is 0 Å². The van der Waals surface area contributed by atoms with Crippen molar-refractivity contribution in [2.45, 2.75) is 33.7 Å². The van der Waals surface area contributed by atoms with E-state index < -0.39 is 4.92 Å². The average molecular weight is 291 g/mol. The van der Waals surface area contributed by atoms with Crippen LogP contribution in [0.2, 0.25) is 0 Å². The van der Waals surface area contributed by atoms with Crippen molar-refractivity contribution in [2.75, 3.05) is 12.4 Å². The number of hydrogen-bond acceptors (Lipinski definition) is 4. The highest BCUT2D eigenvalue weighted by Gasteiger charge is 2.65. The zero-order valence-corrected chi connectivity index (χ0v) is 13.0. The Bertz CT molecular complexity index is 594. The van der Waals surface area contributed by atoms with Crippen molar-refractivity contribution in [3.05, 3.63) is 33.9 Å². The molecule has 0 unspecified atom stereocenters. The molecule has 114 valence electrons. The van der Waals surface area contributed by atoms with Crippen LogP contribution in [0.25, 0.3) is 0 Å². The first kappa shape index (κ1) is 15.3. The normalized spacial score (nSPS) is 18.9. The van der Waals surface area contributed by atoms with Crippen LogP contribution in [0.15, 0.2) is 18.2 Å². The van der Waals surface area contributed by atoms with E-state index in [-0.39, 0.29) is 34.2 Å². The van der Waals surface area contributed by atoms with Gasteiger partial charge in [-0.15, -0.1) is 0 Å². The van der Waals surface area contributed by atoms with Gasteiger partial charge >= 0.3 is 0 Å². The lowest BCUT2D eigenvalue weighted by molar-refractivity contribution is -0.384. The lowest BCUT2D eigenvalue weighted by atomic mass is 10.0. The second-order valence-electron chi connectivity index (χ2n) is 6.56. The third-order valence-electron chi connectivity index (χ3n) is 5.03. The molecule has 1 aliphatic rings. The van der Waals surface area contributed by atoms with Crippen LogP contribution in [-0.2, 0) is 0 Å². The molecule has 0 atom stereocenters. The number of nitrogens with zero attached hydrogens (tertiary/aromatic N) is 1. The first-order valence-electron chi connectivity index (χ1n) is 6.90. The van der Waals surface area contributed by atoms with E-state index in [1.165, 1.54) is 12.1 Å². The summed E-state index contributed by atoms with van der Waals surface area (Å²) in [5.41, 5.74) is 0.479. The van der Waals surface area contributed by atoms with Crippen LogP contribution < -0.4 is 10.6 Å². The largest absolute Gasteiger partial charge is 0.382 e. The molecular weight excluding hydrogens is 270 g/mol. The zero-order valence-electron chi connectivity index (χ0n) is 13.0. The molecule has 6 nitrogen and oxygen atoms in total. The molecule has 0 spiro atoms. The number of carbonyl (C=O) groups is 1. The van der Waals surface area contributed by atoms with Gasteiger partial charge in [-0.05, 0) is 16.9 Å². The molecule has 1 aromatic carbocycles. The van der Waals surface area contributed by atoms with Crippen molar-refractivity contribution in [3.8, 4) is 0 Å². The highest BCUT2D eigenvalue weighted by atomic mass is 16.6. The third-order valence-corrected chi connectivity index (χ3v) is 5.03. The molecule has 0 aliphatic heterocycles. The van der Waals surface area contributed by atoms with E-state index >= 15 is 0 Å². The van der Waals surface area contributed by atoms with Crippen molar-refractivity contribution < 1.29 is 9.72 Å². The van der Waals surface area contributed by atoms with Gasteiger partial charge in [0.1, 0.15) is 5.69 Å². The van der Waals surface area contributed by atoms with Gasteiger partial charge in [-0.1, -0.05) is 33.8 Å². The van der Waals surface area contributed by atoms with E-state index in [0.29, 0.717) is 5.56 Å². The fourth-order valence-electron chi connectivity index (χ4n) is 2.91. The first-order chi connectivity index (χ1) is 9.64. The lowest BCUT2D eigenvalue weighted by Crippen LogP contribution is -2.30. The Labute approximate surface area is 124 Å². The Morgan fingerprint density at radius 2 is 1.81 bits per heavy atom. The molecule has 6 heteroatoms. The van der Waals surface area contributed by atoms with Crippen molar-refractivity contribution in [1.29, 1.82) is 0 Å². The van der Waals surface area contributed by atoms with Gasteiger partial charge in [0.15, 0.2) is 0 Å². The van der Waals surface area contributed by atoms with Gasteiger partial charge in [0.05, 0.1) is 10.5 Å². The monoisotopic (exact) mass is 291 g/mol. The molecule has 2 N–H and O–H groups in total. The van der Waals surface area contributed by atoms with Gasteiger partial charge in [0, 0.05) is 19.2 Å². The summed E-state index contributed by atoms with van der Waals surface area (Å²) >= 11 is 0. The summed E-state index contributed by atoms with van der Waals surface area (Å²) in [4.78, 5) is 23.0. The summed E-state index contributed by atoms with van der Waals surface area (Å²) in [5.74, 6) is -0.285. The maximum atomic E-state index is 12.5. The van der Waals surface area contributed by atoms with Crippen molar-refractivity contribution in [1.82, 2.24) is 5.32 Å². The number of nitrogens with one attached hydrogen (secondary N) is 2. The Kier molecular flexibility index (Phi) is 3.43. The van der Waals surface area contributed by atoms with E-state index in [2.05, 4.69) is 38.3 Å². The van der Waals surface area contributed by atoms with Crippen molar-refractivity contribution >= 4 is 17.3 Å². The number of amides is 1. The fourth-order valence-corrected chi connectivity index (χ4v) is 2.91. The number of anilines is 1. The van der Waals surface area contributed by atoms with Crippen molar-refractivity contribution in [3.63, 3.8) is 0 Å². The molecule has 21 heavy (non-hydrogen) atoms. The molecule has 1 aromatic rings. The second kappa shape index (κ2) is 4.72. The number of nitro groups is 1. The molecule has 0 saturated heterocycles. The summed E-state index contributed by atoms with van der Waals surface area (Å²) in [6.45, 7) is 8.41. The highest BCUT2D eigenvalue weighted by Crippen LogP contribution is 2.62. The quantitative estimate of drug-likeness (QED) is 0.660. The molecule has 2 rings (SSSR count). The third kappa shape index (κ3) is 2.24. The Balaban J connectivity index is 2.29. The van der Waals surface area contributed by atoms with Gasteiger partial charge in [-0.25, -0.2) is 0 Å². The minimum Gasteiger partial charge on any atom is -0.382 e. The summed E-state index contributed by atoms with van der Waals surface area (Å²) in [6.07, 6.45) is 0. The molecule has 0 radical (unpaired) electrons. The minimum atomic E-state index is -0.492. The zero-order chi connectivity index (χ0) is 16.0. The standard InChI is InChI=1S/C15H21N3O3/c1-14(2)13(15(14,3)4)17-12(19)9-7-6-8-10(18(20)21)11(9)16-5/h6-8,13,16H,1-5H3,(H,17,19). The fraction of sp³-hybridized carbons (Fsp3) is 0.533. The smallest absolute Gasteiger partial charge is 0.293 e. The first-order valence-corrected chi connectivity index (χ1v) is 6.90. The van der Waals surface area contributed by atoms with Gasteiger partial charge in [0.25, 0.3) is 11.6 Å². The van der Waals surface area contributed by atoms with Crippen LogP contribution in [0.5, 0.6) is 0 Å². The molecule has 1 aliphatic carbocycles. The van der Waals surface area contributed by atoms with Gasteiger partial charge < -0.3 is 10.6 Å². The van der Waals surface area contributed by atoms with E-state index in [1.54, 1.807) is 13.1 Å². The molecule has 0 heterocycles. The molecular formula is C15H21N3O3. The van der Waals surface area contributed by atoms with Crippen LogP contribution in [0, 0.1) is 20.9 Å². The summed E-state index contributed by atoms with van der Waals surface area (Å²) < 4.78 is 0. The maximum Gasteiger partial charge on any atom is 0.293 e. The molecule has 0 bridgehead atoms. The molecule has 1 fully saturated rings. The number of para-hydroxylation sites is 1. The molecule has 0 aromatic heterocycles. The SMILES string of the molecule is CNc1c(C(=O)NC2C(C)(C)C2(C)C)cccc1[N+](=O)[O-]. The average Bonchev–Trinajstić information content (AvgIpc) is 2.79. The predicted octanol–water partition coefficient (Wildman–Crippen LogP) is 2.80. The topological polar surface area (TPSA) is 84.3 Å². The van der Waals surface area contributed by atoms with Gasteiger partial charge in [0.2, 0.25) is 0 Å². The van der Waals surface area contributed by atoms with Crippen LogP contribution in [0.4, 0.5) is 11.4 Å². The highest BCUT2D eigenvalue weighted by molar-refractivity contribution is 6.02. The van der Waals surface area contributed by atoms with Gasteiger partial charge in [-0.2, -0.15) is 0 Å².